The minimum Gasteiger partial charge on any atom is -0.497 e. The van der Waals surface area contributed by atoms with Gasteiger partial charge in [0, 0.05) is 23.5 Å². The topological polar surface area (TPSA) is 96.0 Å². The number of carbonyl (C=O) groups is 2. The van der Waals surface area contributed by atoms with Gasteiger partial charge in [-0.2, -0.15) is 0 Å². The Hall–Kier alpha value is -4.15. The van der Waals surface area contributed by atoms with Crippen molar-refractivity contribution in [3.63, 3.8) is 0 Å². The van der Waals surface area contributed by atoms with Crippen LogP contribution in [0.2, 0.25) is 0 Å². The van der Waals surface area contributed by atoms with Gasteiger partial charge >= 0.3 is 0 Å². The van der Waals surface area contributed by atoms with Crippen molar-refractivity contribution in [3.05, 3.63) is 124 Å². The quantitative estimate of drug-likeness (QED) is 0.161. The molecule has 0 bridgehead atoms. The first-order valence-electron chi connectivity index (χ1n) is 15.1. The maximum Gasteiger partial charge on any atom is 0.264 e. The molecule has 0 heterocycles. The first-order chi connectivity index (χ1) is 22.0. The van der Waals surface area contributed by atoms with E-state index in [1.54, 1.807) is 49.6 Å². The summed E-state index contributed by atoms with van der Waals surface area (Å²) in [6, 6.07) is 29.0. The molecule has 0 saturated carbocycles. The number of rotatable bonds is 14. The van der Waals surface area contributed by atoms with Crippen LogP contribution in [0.25, 0.3) is 0 Å². The Balaban J connectivity index is 1.82. The van der Waals surface area contributed by atoms with E-state index >= 15 is 0 Å². The van der Waals surface area contributed by atoms with Gasteiger partial charge in [0.05, 0.1) is 17.7 Å². The molecule has 2 amide bonds. The second-order valence-electron chi connectivity index (χ2n) is 11.2. The van der Waals surface area contributed by atoms with E-state index in [2.05, 4.69) is 21.2 Å². The van der Waals surface area contributed by atoms with Crippen molar-refractivity contribution >= 4 is 43.5 Å². The number of methoxy groups -OCH3 is 1. The Morgan fingerprint density at radius 2 is 1.57 bits per heavy atom. The molecule has 0 unspecified atom stereocenters. The summed E-state index contributed by atoms with van der Waals surface area (Å²) in [6.07, 6.45) is 0.944. The van der Waals surface area contributed by atoms with Gasteiger partial charge in [-0.05, 0) is 73.9 Å². The molecule has 2 atom stereocenters. The van der Waals surface area contributed by atoms with Crippen LogP contribution in [0.1, 0.15) is 37.0 Å². The molecule has 46 heavy (non-hydrogen) atoms. The van der Waals surface area contributed by atoms with Crippen molar-refractivity contribution in [3.8, 4) is 5.75 Å². The molecule has 10 heteroatoms. The number of sulfonamides is 1. The van der Waals surface area contributed by atoms with Gasteiger partial charge in [-0.15, -0.1) is 0 Å². The normalized spacial score (nSPS) is 12.5. The van der Waals surface area contributed by atoms with Gasteiger partial charge in [0.25, 0.3) is 10.0 Å². The third-order valence-electron chi connectivity index (χ3n) is 7.74. The highest BCUT2D eigenvalue weighted by Gasteiger charge is 2.35. The molecule has 0 spiro atoms. The van der Waals surface area contributed by atoms with Crippen LogP contribution >= 0.6 is 15.9 Å². The van der Waals surface area contributed by atoms with Gasteiger partial charge < -0.3 is 15.0 Å². The number of halogens is 1. The third-order valence-corrected chi connectivity index (χ3v) is 10.0. The van der Waals surface area contributed by atoms with Crippen LogP contribution in [0.15, 0.2) is 112 Å². The van der Waals surface area contributed by atoms with Crippen molar-refractivity contribution in [1.82, 2.24) is 10.2 Å². The number of carbonyl (C=O) groups excluding carboxylic acids is 2. The van der Waals surface area contributed by atoms with E-state index < -0.39 is 28.5 Å². The van der Waals surface area contributed by atoms with E-state index in [0.29, 0.717) is 22.3 Å². The monoisotopic (exact) mass is 705 g/mol. The number of hydrogen-bond donors (Lipinski definition) is 1. The Morgan fingerprint density at radius 3 is 2.22 bits per heavy atom. The fourth-order valence-electron chi connectivity index (χ4n) is 4.96. The molecular formula is C36H40BrN3O5S. The molecule has 4 aromatic rings. The van der Waals surface area contributed by atoms with Crippen molar-refractivity contribution < 1.29 is 22.7 Å². The smallest absolute Gasteiger partial charge is 0.264 e. The largest absolute Gasteiger partial charge is 0.497 e. The minimum absolute atomic E-state index is 0.0539. The molecule has 0 saturated heterocycles. The summed E-state index contributed by atoms with van der Waals surface area (Å²) in [4.78, 5) is 30.1. The summed E-state index contributed by atoms with van der Waals surface area (Å²) in [6.45, 7) is 5.29. The first-order valence-corrected chi connectivity index (χ1v) is 17.4. The number of ether oxygens (including phenoxy) is 1. The summed E-state index contributed by atoms with van der Waals surface area (Å²) in [7, 11) is -2.62. The highest BCUT2D eigenvalue weighted by Crippen LogP contribution is 2.28. The Labute approximate surface area is 280 Å². The molecule has 242 valence electrons. The first kappa shape index (κ1) is 34.7. The molecule has 0 radical (unpaired) electrons. The highest BCUT2D eigenvalue weighted by molar-refractivity contribution is 9.10. The van der Waals surface area contributed by atoms with E-state index in [-0.39, 0.29) is 29.8 Å². The molecule has 8 nitrogen and oxygen atoms in total. The summed E-state index contributed by atoms with van der Waals surface area (Å²) < 4.78 is 35.5. The minimum atomic E-state index is -4.18. The zero-order chi connectivity index (χ0) is 33.3. The molecule has 0 aliphatic heterocycles. The zero-order valence-corrected chi connectivity index (χ0v) is 28.9. The van der Waals surface area contributed by atoms with E-state index in [9.17, 15) is 18.0 Å². The maximum atomic E-state index is 14.6. The Morgan fingerprint density at radius 1 is 0.891 bits per heavy atom. The van der Waals surface area contributed by atoms with E-state index in [4.69, 9.17) is 4.74 Å². The summed E-state index contributed by atoms with van der Waals surface area (Å²) in [5.41, 5.74) is 2.82. The van der Waals surface area contributed by atoms with Crippen LogP contribution in [-0.2, 0) is 32.6 Å². The average molecular weight is 707 g/mol. The molecule has 1 N–H and O–H groups in total. The average Bonchev–Trinajstić information content (AvgIpc) is 3.05. The molecule has 0 aliphatic rings. The molecule has 0 aromatic heterocycles. The predicted octanol–water partition coefficient (Wildman–Crippen LogP) is 6.52. The van der Waals surface area contributed by atoms with E-state index in [1.165, 1.54) is 17.0 Å². The lowest BCUT2D eigenvalue weighted by Gasteiger charge is -2.34. The van der Waals surface area contributed by atoms with Crippen LogP contribution in [0, 0.1) is 6.92 Å². The second kappa shape index (κ2) is 15.9. The second-order valence-corrected chi connectivity index (χ2v) is 14.0. The zero-order valence-electron chi connectivity index (χ0n) is 26.5. The van der Waals surface area contributed by atoms with Crippen LogP contribution < -0.4 is 14.4 Å². The highest BCUT2D eigenvalue weighted by atomic mass is 79.9. The standard InChI is InChI=1S/C36H40BrN3O5S/c1-5-27(3)38-36(42)34(22-28-11-7-6-8-12-28)39(24-29-13-9-16-32(21-29)45-4)35(41)25-40(31-15-10-14-30(37)23-31)46(43,44)33-19-17-26(2)18-20-33/h6-21,23,27,34H,5,22,24-25H2,1-4H3,(H,38,42)/t27-,34+/m1/s1. The van der Waals surface area contributed by atoms with Crippen molar-refractivity contribution in [1.29, 1.82) is 0 Å². The molecular weight excluding hydrogens is 666 g/mol. The van der Waals surface area contributed by atoms with Crippen LogP contribution in [-0.4, -0.2) is 50.9 Å². The number of anilines is 1. The summed E-state index contributed by atoms with van der Waals surface area (Å²) >= 11 is 3.44. The lowest BCUT2D eigenvalue weighted by Crippen LogP contribution is -2.54. The van der Waals surface area contributed by atoms with Crippen molar-refractivity contribution in [2.75, 3.05) is 18.0 Å². The van der Waals surface area contributed by atoms with Gasteiger partial charge in [0.1, 0.15) is 18.3 Å². The maximum absolute atomic E-state index is 14.6. The van der Waals surface area contributed by atoms with Gasteiger partial charge in [-0.1, -0.05) is 89.1 Å². The Bertz CT molecular complexity index is 1730. The SMILES string of the molecule is CC[C@@H](C)NC(=O)[C@H](Cc1ccccc1)N(Cc1cccc(OC)c1)C(=O)CN(c1cccc(Br)c1)S(=O)(=O)c1ccc(C)cc1. The van der Waals surface area contributed by atoms with Gasteiger partial charge in [-0.25, -0.2) is 8.42 Å². The number of benzene rings is 4. The molecule has 4 rings (SSSR count). The summed E-state index contributed by atoms with van der Waals surface area (Å²) in [5.74, 6) is -0.241. The number of aryl methyl sites for hydroxylation is 1. The number of amides is 2. The van der Waals surface area contributed by atoms with Crippen molar-refractivity contribution in [2.45, 2.75) is 57.1 Å². The van der Waals surface area contributed by atoms with Crippen LogP contribution in [0.3, 0.4) is 0 Å². The van der Waals surface area contributed by atoms with E-state index in [0.717, 1.165) is 21.0 Å². The third kappa shape index (κ3) is 8.98. The number of nitrogens with one attached hydrogen (secondary N) is 1. The predicted molar refractivity (Wildman–Crippen MR) is 185 cm³/mol. The fourth-order valence-corrected chi connectivity index (χ4v) is 6.75. The fraction of sp³-hybridized carbons (Fsp3) is 0.278. The van der Waals surface area contributed by atoms with Gasteiger partial charge in [0.2, 0.25) is 11.8 Å². The number of hydrogen-bond acceptors (Lipinski definition) is 5. The van der Waals surface area contributed by atoms with E-state index in [1.807, 2.05) is 69.3 Å². The Kier molecular flexibility index (Phi) is 12.0. The van der Waals surface area contributed by atoms with Gasteiger partial charge in [-0.3, -0.25) is 13.9 Å². The van der Waals surface area contributed by atoms with Crippen molar-refractivity contribution in [2.24, 2.45) is 0 Å². The van der Waals surface area contributed by atoms with Gasteiger partial charge in [0.15, 0.2) is 0 Å². The lowest BCUT2D eigenvalue weighted by atomic mass is 10.0. The molecule has 4 aromatic carbocycles. The molecule has 0 fully saturated rings. The van der Waals surface area contributed by atoms with Crippen LogP contribution in [0.4, 0.5) is 5.69 Å². The summed E-state index contributed by atoms with van der Waals surface area (Å²) in [5, 5.41) is 3.05. The molecule has 0 aliphatic carbocycles. The number of nitrogens with zero attached hydrogens (tertiary/aromatic N) is 2. The van der Waals surface area contributed by atoms with Crippen LogP contribution in [0.5, 0.6) is 5.75 Å². The lowest BCUT2D eigenvalue weighted by molar-refractivity contribution is -0.140.